The topological polar surface area (TPSA) is 93.2 Å². The first-order valence-electron chi connectivity index (χ1n) is 5.68. The number of nitrogens with zero attached hydrogens (tertiary/aromatic N) is 1. The number of benzene rings is 1. The highest BCUT2D eigenvalue weighted by Gasteiger charge is 2.19. The van der Waals surface area contributed by atoms with Gasteiger partial charge in [0.1, 0.15) is 5.69 Å². The van der Waals surface area contributed by atoms with Crippen molar-refractivity contribution in [3.05, 3.63) is 28.3 Å². The van der Waals surface area contributed by atoms with Crippen LogP contribution < -0.4 is 16.4 Å². The summed E-state index contributed by atoms with van der Waals surface area (Å²) in [6.07, 6.45) is 2.54. The van der Waals surface area contributed by atoms with Gasteiger partial charge in [-0.25, -0.2) is 0 Å². The van der Waals surface area contributed by atoms with Gasteiger partial charge in [-0.05, 0) is 25.0 Å². The van der Waals surface area contributed by atoms with E-state index in [2.05, 4.69) is 10.6 Å². The minimum Gasteiger partial charge on any atom is -0.393 e. The fourth-order valence-corrected chi connectivity index (χ4v) is 1.60. The highest BCUT2D eigenvalue weighted by molar-refractivity contribution is 5.65. The predicted molar refractivity (Wildman–Crippen MR) is 67.0 cm³/mol. The number of nitro groups is 1. The molecule has 17 heavy (non-hydrogen) atoms. The molecule has 6 nitrogen and oxygen atoms in total. The first-order chi connectivity index (χ1) is 8.16. The third-order valence-electron chi connectivity index (χ3n) is 2.69. The van der Waals surface area contributed by atoms with Gasteiger partial charge >= 0.3 is 0 Å². The normalized spacial score (nSPS) is 14.6. The number of hydrogen-bond acceptors (Lipinski definition) is 5. The van der Waals surface area contributed by atoms with Crippen LogP contribution in [0.3, 0.4) is 0 Å². The summed E-state index contributed by atoms with van der Waals surface area (Å²) in [5.41, 5.74) is 6.54. The molecule has 1 aliphatic carbocycles. The zero-order valence-electron chi connectivity index (χ0n) is 9.48. The van der Waals surface area contributed by atoms with Crippen molar-refractivity contribution in [2.45, 2.75) is 18.9 Å². The molecule has 0 unspecified atom stereocenters. The minimum atomic E-state index is -0.478. The summed E-state index contributed by atoms with van der Waals surface area (Å²) in [5.74, 6) is 0. The van der Waals surface area contributed by atoms with Crippen LogP contribution in [0.5, 0.6) is 0 Å². The molecular weight excluding hydrogens is 220 g/mol. The summed E-state index contributed by atoms with van der Waals surface area (Å²) in [4.78, 5) is 10.1. The summed E-state index contributed by atoms with van der Waals surface area (Å²) < 4.78 is 0. The van der Waals surface area contributed by atoms with Gasteiger partial charge in [-0.2, -0.15) is 0 Å². The Hall–Kier alpha value is -1.82. The van der Waals surface area contributed by atoms with Crippen LogP contribution in [0.1, 0.15) is 12.8 Å². The number of nitro benzene ring substituents is 1. The smallest absolute Gasteiger partial charge is 0.292 e. The van der Waals surface area contributed by atoms with E-state index in [1.54, 1.807) is 12.1 Å². The van der Waals surface area contributed by atoms with Gasteiger partial charge in [-0.3, -0.25) is 10.1 Å². The molecule has 0 spiro atoms. The van der Waals surface area contributed by atoms with Crippen LogP contribution in [0.4, 0.5) is 17.1 Å². The van der Waals surface area contributed by atoms with Crippen LogP contribution in [0.2, 0.25) is 0 Å². The molecule has 1 aromatic rings. The van der Waals surface area contributed by atoms with Gasteiger partial charge in [-0.15, -0.1) is 0 Å². The van der Waals surface area contributed by atoms with E-state index in [0.717, 1.165) is 18.8 Å². The largest absolute Gasteiger partial charge is 0.393 e. The molecule has 0 aliphatic heterocycles. The Morgan fingerprint density at radius 3 is 2.76 bits per heavy atom. The molecular formula is C11H16N4O2. The van der Waals surface area contributed by atoms with Gasteiger partial charge < -0.3 is 16.4 Å². The second kappa shape index (κ2) is 5.01. The van der Waals surface area contributed by atoms with Gasteiger partial charge in [0.05, 0.1) is 4.92 Å². The Morgan fingerprint density at radius 2 is 2.18 bits per heavy atom. The first kappa shape index (κ1) is 11.7. The van der Waals surface area contributed by atoms with Crippen LogP contribution >= 0.6 is 0 Å². The van der Waals surface area contributed by atoms with Gasteiger partial charge in [0.25, 0.3) is 5.69 Å². The van der Waals surface area contributed by atoms with Crippen molar-refractivity contribution in [3.63, 3.8) is 0 Å². The fourth-order valence-electron chi connectivity index (χ4n) is 1.60. The molecule has 0 saturated heterocycles. The van der Waals surface area contributed by atoms with Crippen LogP contribution in [0.25, 0.3) is 0 Å². The van der Waals surface area contributed by atoms with Crippen molar-refractivity contribution in [1.29, 1.82) is 0 Å². The predicted octanol–water partition coefficient (Wildman–Crippen LogP) is 1.34. The molecule has 1 saturated carbocycles. The monoisotopic (exact) mass is 236 g/mol. The number of nitrogen functional groups attached to an aromatic ring is 1. The minimum absolute atomic E-state index is 0.0494. The van der Waals surface area contributed by atoms with Gasteiger partial charge in [0, 0.05) is 30.9 Å². The molecule has 0 aromatic heterocycles. The Bertz CT molecular complexity index is 418. The Kier molecular flexibility index (Phi) is 3.43. The lowest BCUT2D eigenvalue weighted by molar-refractivity contribution is -0.383. The summed E-state index contributed by atoms with van der Waals surface area (Å²) in [7, 11) is 0. The lowest BCUT2D eigenvalue weighted by Gasteiger charge is -2.07. The molecule has 0 radical (unpaired) electrons. The highest BCUT2D eigenvalue weighted by Crippen LogP contribution is 2.24. The van der Waals surface area contributed by atoms with Crippen molar-refractivity contribution in [2.24, 2.45) is 0 Å². The van der Waals surface area contributed by atoms with Crippen molar-refractivity contribution < 1.29 is 4.92 Å². The van der Waals surface area contributed by atoms with Crippen LogP contribution in [0, 0.1) is 10.1 Å². The third kappa shape index (κ3) is 3.32. The van der Waals surface area contributed by atoms with E-state index in [4.69, 9.17) is 5.73 Å². The molecule has 0 amide bonds. The van der Waals surface area contributed by atoms with E-state index >= 15 is 0 Å². The van der Waals surface area contributed by atoms with E-state index in [0.29, 0.717) is 6.04 Å². The molecule has 0 atom stereocenters. The van der Waals surface area contributed by atoms with Crippen molar-refractivity contribution in [3.8, 4) is 0 Å². The van der Waals surface area contributed by atoms with Gasteiger partial charge in [-0.1, -0.05) is 0 Å². The van der Waals surface area contributed by atoms with Crippen LogP contribution in [-0.2, 0) is 0 Å². The average Bonchev–Trinajstić information content (AvgIpc) is 3.08. The van der Waals surface area contributed by atoms with Crippen molar-refractivity contribution in [1.82, 2.24) is 5.32 Å². The summed E-state index contributed by atoms with van der Waals surface area (Å²) in [5, 5.41) is 17.1. The van der Waals surface area contributed by atoms with E-state index < -0.39 is 4.92 Å². The van der Waals surface area contributed by atoms with Gasteiger partial charge in [0.2, 0.25) is 0 Å². The van der Waals surface area contributed by atoms with E-state index in [-0.39, 0.29) is 11.4 Å². The maximum absolute atomic E-state index is 10.6. The first-order valence-corrected chi connectivity index (χ1v) is 5.68. The third-order valence-corrected chi connectivity index (χ3v) is 2.69. The summed E-state index contributed by atoms with van der Waals surface area (Å²) >= 11 is 0. The van der Waals surface area contributed by atoms with Crippen molar-refractivity contribution >= 4 is 17.1 Å². The number of hydrogen-bond donors (Lipinski definition) is 3. The molecule has 6 heteroatoms. The summed E-state index contributed by atoms with van der Waals surface area (Å²) in [6, 6.07) is 5.38. The zero-order valence-corrected chi connectivity index (χ0v) is 9.48. The average molecular weight is 236 g/mol. The molecule has 1 aromatic carbocycles. The fraction of sp³-hybridized carbons (Fsp3) is 0.455. The van der Waals surface area contributed by atoms with E-state index in [9.17, 15) is 10.1 Å². The quantitative estimate of drug-likeness (QED) is 0.300. The standard InChI is InChI=1S/C11H16N4O2/c12-10-7-9(3-4-11(10)15(16)17)14-6-5-13-8-1-2-8/h3-4,7-8,13-14H,1-2,5-6,12H2. The molecule has 1 fully saturated rings. The Morgan fingerprint density at radius 1 is 1.41 bits per heavy atom. The van der Waals surface area contributed by atoms with Crippen molar-refractivity contribution in [2.75, 3.05) is 24.1 Å². The second-order valence-electron chi connectivity index (χ2n) is 4.19. The molecule has 0 bridgehead atoms. The molecule has 1 aliphatic rings. The number of rotatable bonds is 6. The number of nitrogens with one attached hydrogen (secondary N) is 2. The van der Waals surface area contributed by atoms with Gasteiger partial charge in [0.15, 0.2) is 0 Å². The summed E-state index contributed by atoms with van der Waals surface area (Å²) in [6.45, 7) is 1.68. The van der Waals surface area contributed by atoms with Crippen LogP contribution in [-0.4, -0.2) is 24.1 Å². The lowest BCUT2D eigenvalue weighted by Crippen LogP contribution is -2.23. The molecule has 2 rings (SSSR count). The SMILES string of the molecule is Nc1cc(NCCNC2CC2)ccc1[N+](=O)[O-]. The highest BCUT2D eigenvalue weighted by atomic mass is 16.6. The van der Waals surface area contributed by atoms with E-state index in [1.165, 1.54) is 18.9 Å². The molecule has 4 N–H and O–H groups in total. The zero-order chi connectivity index (χ0) is 12.3. The lowest BCUT2D eigenvalue weighted by atomic mass is 10.2. The second-order valence-corrected chi connectivity index (χ2v) is 4.19. The number of nitrogens with two attached hydrogens (primary N) is 1. The molecule has 0 heterocycles. The number of anilines is 2. The maximum atomic E-state index is 10.6. The van der Waals surface area contributed by atoms with E-state index in [1.807, 2.05) is 0 Å². The Balaban J connectivity index is 1.83. The maximum Gasteiger partial charge on any atom is 0.292 e. The molecule has 92 valence electrons. The Labute approximate surface area is 99.3 Å². The van der Waals surface area contributed by atoms with Crippen LogP contribution in [0.15, 0.2) is 18.2 Å².